The van der Waals surface area contributed by atoms with Crippen LogP contribution in [0.3, 0.4) is 0 Å². The van der Waals surface area contributed by atoms with Gasteiger partial charge in [0.2, 0.25) is 0 Å². The molecule has 0 fully saturated rings. The Morgan fingerprint density at radius 3 is 1.11 bits per heavy atom. The molecule has 0 atom stereocenters. The van der Waals surface area contributed by atoms with Gasteiger partial charge < -0.3 is 16.1 Å². The van der Waals surface area contributed by atoms with E-state index in [0.717, 1.165) is 8.64 Å². The summed E-state index contributed by atoms with van der Waals surface area (Å²) in [6.07, 6.45) is 0. The summed E-state index contributed by atoms with van der Waals surface area (Å²) in [6.45, 7) is 0. The Morgan fingerprint density at radius 1 is 0.789 bits per heavy atom. The average molecular weight is 386 g/mol. The maximum atomic E-state index is 5.07. The first-order valence-electron chi connectivity index (χ1n) is 4.76. The fourth-order valence-corrected chi connectivity index (χ4v) is 2.60. The van der Waals surface area contributed by atoms with Gasteiger partial charge in [-0.1, -0.05) is 36.7 Å². The van der Waals surface area contributed by atoms with Crippen LogP contribution in [-0.2, 0) is 0 Å². The molecule has 0 heterocycles. The van der Waals surface area contributed by atoms with Crippen LogP contribution in [0.5, 0.6) is 0 Å². The minimum atomic E-state index is 0. The summed E-state index contributed by atoms with van der Waals surface area (Å²) < 4.78 is 2.29. The van der Waals surface area contributed by atoms with Gasteiger partial charge in [-0.2, -0.15) is 0 Å². The molecule has 10 heteroatoms. The Morgan fingerprint density at radius 2 is 1.00 bits per heavy atom. The number of hydrogen-bond donors (Lipinski definition) is 1. The summed E-state index contributed by atoms with van der Waals surface area (Å²) >= 11 is 18.6. The van der Waals surface area contributed by atoms with Gasteiger partial charge in [-0.05, 0) is 21.6 Å². The molecule has 0 aliphatic heterocycles. The van der Waals surface area contributed by atoms with Gasteiger partial charge in [-0.15, -0.1) is 12.6 Å². The van der Waals surface area contributed by atoms with E-state index in [2.05, 4.69) is 24.8 Å². The maximum absolute atomic E-state index is 5.07. The van der Waals surface area contributed by atoms with E-state index < -0.39 is 0 Å². The van der Waals surface area contributed by atoms with E-state index in [1.165, 1.54) is 21.6 Å². The molecule has 0 saturated heterocycles. The van der Waals surface area contributed by atoms with Crippen LogP contribution < -0.4 is 29.6 Å². The number of thiocarbonyl (C=S) groups is 3. The van der Waals surface area contributed by atoms with Crippen LogP contribution in [0, 0.1) is 0 Å². The summed E-state index contributed by atoms with van der Waals surface area (Å²) in [7, 11) is 14.4. The van der Waals surface area contributed by atoms with Crippen molar-refractivity contribution in [3.8, 4) is 0 Å². The van der Waals surface area contributed by atoms with Gasteiger partial charge in [0.15, 0.2) is 0 Å². The number of nitrogens with zero attached hydrogens (tertiary/aromatic N) is 3. The van der Waals surface area contributed by atoms with Gasteiger partial charge in [0.1, 0.15) is 13.0 Å². The Labute approximate surface area is 170 Å². The second kappa shape index (κ2) is 14.6. The number of rotatable bonds is 0. The van der Waals surface area contributed by atoms with E-state index in [4.69, 9.17) is 24.4 Å². The van der Waals surface area contributed by atoms with E-state index in [1.807, 2.05) is 52.1 Å². The molecule has 0 aromatic rings. The SMILES string of the molecule is CN(C)C(=S)S.CN(C)C(=S)SSC(=S)N(C)C.[H-].[Na+]. The zero-order chi connectivity index (χ0) is 14.9. The predicted molar refractivity (Wildman–Crippen MR) is 104 cm³/mol. The zero-order valence-corrected chi connectivity index (χ0v) is 19.3. The van der Waals surface area contributed by atoms with Crippen molar-refractivity contribution < 1.29 is 31.0 Å². The molecule has 19 heavy (non-hydrogen) atoms. The monoisotopic (exact) mass is 385 g/mol. The largest absolute Gasteiger partial charge is 1.00 e. The van der Waals surface area contributed by atoms with Crippen molar-refractivity contribution in [2.75, 3.05) is 42.3 Å². The Hall–Kier alpha value is 1.72. The molecule has 0 aliphatic carbocycles. The molecule has 0 aliphatic rings. The van der Waals surface area contributed by atoms with Crippen molar-refractivity contribution in [1.82, 2.24) is 14.7 Å². The van der Waals surface area contributed by atoms with Crippen molar-refractivity contribution in [3.63, 3.8) is 0 Å². The summed E-state index contributed by atoms with van der Waals surface area (Å²) in [5.74, 6) is 0. The van der Waals surface area contributed by atoms with Crippen LogP contribution >= 0.6 is 70.9 Å². The van der Waals surface area contributed by atoms with Crippen molar-refractivity contribution in [2.24, 2.45) is 0 Å². The molecule has 0 unspecified atom stereocenters. The second-order valence-electron chi connectivity index (χ2n) is 3.66. The standard InChI is InChI=1S/C6H12N2S4.C3H7NS2.Na.H/c1-7(2)5(9)11-12-6(10)8(3)4;1-4(2)3(5)6;;/h1-4H3;1-2H3,(H,5,6);;/q;;+1;-1. The molecule has 3 nitrogen and oxygen atoms in total. The van der Waals surface area contributed by atoms with E-state index in [-0.39, 0.29) is 31.0 Å². The summed E-state index contributed by atoms with van der Waals surface area (Å²) in [5, 5.41) is 0. The smallest absolute Gasteiger partial charge is 1.00 e. The average Bonchev–Trinajstić information content (AvgIpc) is 2.25. The molecular weight excluding hydrogens is 366 g/mol. The van der Waals surface area contributed by atoms with Crippen LogP contribution in [0.15, 0.2) is 0 Å². The van der Waals surface area contributed by atoms with E-state index >= 15 is 0 Å². The molecular formula is C9H20N3NaS6. The van der Waals surface area contributed by atoms with Gasteiger partial charge in [0.05, 0.1) is 0 Å². The first-order chi connectivity index (χ1) is 8.09. The predicted octanol–water partition coefficient (Wildman–Crippen LogP) is -0.0600. The Bertz CT molecular complexity index is 281. The van der Waals surface area contributed by atoms with Crippen molar-refractivity contribution >= 4 is 83.8 Å². The molecule has 0 aromatic carbocycles. The number of thiol groups is 1. The third-order valence-electron chi connectivity index (χ3n) is 1.30. The van der Waals surface area contributed by atoms with Crippen molar-refractivity contribution in [1.29, 1.82) is 0 Å². The van der Waals surface area contributed by atoms with Gasteiger partial charge in [0, 0.05) is 42.3 Å². The van der Waals surface area contributed by atoms with Gasteiger partial charge >= 0.3 is 29.6 Å². The van der Waals surface area contributed by atoms with Crippen molar-refractivity contribution in [2.45, 2.75) is 0 Å². The van der Waals surface area contributed by atoms with Gasteiger partial charge in [0.25, 0.3) is 0 Å². The normalized spacial score (nSPS) is 8.37. The molecule has 0 bridgehead atoms. The first-order valence-corrected chi connectivity index (χ1v) is 8.59. The third-order valence-corrected chi connectivity index (χ3v) is 6.22. The Balaban J connectivity index is -0.000000139. The van der Waals surface area contributed by atoms with Crippen LogP contribution in [0.25, 0.3) is 0 Å². The van der Waals surface area contributed by atoms with Crippen LogP contribution in [-0.4, -0.2) is 69.9 Å². The van der Waals surface area contributed by atoms with Gasteiger partial charge in [-0.25, -0.2) is 0 Å². The maximum Gasteiger partial charge on any atom is 1.00 e. The molecule has 0 N–H and O–H groups in total. The van der Waals surface area contributed by atoms with E-state index in [1.54, 1.807) is 4.90 Å². The quantitative estimate of drug-likeness (QED) is 0.265. The summed E-state index contributed by atoms with van der Waals surface area (Å²) in [5.41, 5.74) is 0. The number of hydrogen-bond acceptors (Lipinski definition) is 5. The molecule has 0 saturated carbocycles. The van der Waals surface area contributed by atoms with Gasteiger partial charge in [-0.3, -0.25) is 0 Å². The molecule has 108 valence electrons. The summed E-state index contributed by atoms with van der Waals surface area (Å²) in [6, 6.07) is 0. The second-order valence-corrected chi connectivity index (χ2v) is 8.17. The molecule has 0 spiro atoms. The van der Waals surface area contributed by atoms with Crippen molar-refractivity contribution in [3.05, 3.63) is 0 Å². The van der Waals surface area contributed by atoms with Crippen LogP contribution in [0.2, 0.25) is 0 Å². The first kappa shape index (κ1) is 25.7. The molecule has 0 amide bonds. The molecule has 0 aromatic heterocycles. The minimum absolute atomic E-state index is 0. The fraction of sp³-hybridized carbons (Fsp3) is 0.667. The summed E-state index contributed by atoms with van der Waals surface area (Å²) in [4.78, 5) is 5.55. The molecule has 0 radical (unpaired) electrons. The van der Waals surface area contributed by atoms with E-state index in [0.29, 0.717) is 4.32 Å². The van der Waals surface area contributed by atoms with Crippen LogP contribution in [0.1, 0.15) is 1.43 Å². The van der Waals surface area contributed by atoms with E-state index in [9.17, 15) is 0 Å². The minimum Gasteiger partial charge on any atom is -1.00 e. The Kier molecular flexibility index (Phi) is 19.8. The third kappa shape index (κ3) is 17.7. The van der Waals surface area contributed by atoms with Crippen LogP contribution in [0.4, 0.5) is 0 Å². The zero-order valence-electron chi connectivity index (χ0n) is 13.3. The molecule has 0 rings (SSSR count). The topological polar surface area (TPSA) is 9.72 Å². The fourth-order valence-electron chi connectivity index (χ4n) is 0.220.